The van der Waals surface area contributed by atoms with Gasteiger partial charge in [0.2, 0.25) is 0 Å². The zero-order valence-electron chi connectivity index (χ0n) is 16.8. The lowest BCUT2D eigenvalue weighted by Gasteiger charge is -2.30. The summed E-state index contributed by atoms with van der Waals surface area (Å²) < 4.78 is 53.1. The summed E-state index contributed by atoms with van der Waals surface area (Å²) in [5.41, 5.74) is 1.01. The average Bonchev–Trinajstić information content (AvgIpc) is 2.99. The monoisotopic (exact) mass is 436 g/mol. The molecule has 2 heterocycles. The molecule has 1 fully saturated rings. The van der Waals surface area contributed by atoms with Crippen molar-refractivity contribution in [2.45, 2.75) is 55.9 Å². The van der Waals surface area contributed by atoms with E-state index in [1.807, 2.05) is 0 Å². The second kappa shape index (κ2) is 8.11. The number of anilines is 1. The van der Waals surface area contributed by atoms with Crippen molar-refractivity contribution in [2.24, 2.45) is 13.0 Å². The SMILES string of the molecule is Cn1cc2c(c1C(=O)Nc1ccc(F)c(F)c1)CC[C@@H](C1CCCCC1)NS2(=N)=O. The number of benzene rings is 1. The molecule has 1 aromatic heterocycles. The minimum atomic E-state index is -3.26. The van der Waals surface area contributed by atoms with Crippen molar-refractivity contribution in [1.29, 1.82) is 4.78 Å². The van der Waals surface area contributed by atoms with Crippen molar-refractivity contribution < 1.29 is 17.8 Å². The van der Waals surface area contributed by atoms with Crippen molar-refractivity contribution in [3.05, 3.63) is 47.3 Å². The summed E-state index contributed by atoms with van der Waals surface area (Å²) in [5, 5.41) is 2.58. The molecule has 2 aliphatic rings. The van der Waals surface area contributed by atoms with Crippen molar-refractivity contribution in [3.8, 4) is 0 Å². The lowest BCUT2D eigenvalue weighted by molar-refractivity contribution is 0.101. The fourth-order valence-electron chi connectivity index (χ4n) is 4.70. The number of hydrogen-bond acceptors (Lipinski definition) is 3. The van der Waals surface area contributed by atoms with E-state index in [4.69, 9.17) is 4.78 Å². The number of nitrogens with one attached hydrogen (secondary N) is 3. The summed E-state index contributed by atoms with van der Waals surface area (Å²) in [6.45, 7) is 0. The van der Waals surface area contributed by atoms with Gasteiger partial charge in [-0.3, -0.25) is 4.79 Å². The molecule has 30 heavy (non-hydrogen) atoms. The van der Waals surface area contributed by atoms with Crippen LogP contribution in [0.5, 0.6) is 0 Å². The van der Waals surface area contributed by atoms with Crippen LogP contribution in [0.3, 0.4) is 0 Å². The Bertz CT molecular complexity index is 1070. The van der Waals surface area contributed by atoms with E-state index in [-0.39, 0.29) is 11.7 Å². The molecule has 9 heteroatoms. The summed E-state index contributed by atoms with van der Waals surface area (Å²) >= 11 is 0. The highest BCUT2D eigenvalue weighted by molar-refractivity contribution is 7.90. The highest BCUT2D eigenvalue weighted by atomic mass is 32.2. The fourth-order valence-corrected chi connectivity index (χ4v) is 6.42. The van der Waals surface area contributed by atoms with E-state index in [9.17, 15) is 17.8 Å². The van der Waals surface area contributed by atoms with Crippen LogP contribution in [0.4, 0.5) is 14.5 Å². The van der Waals surface area contributed by atoms with Gasteiger partial charge in [0.05, 0.1) is 4.90 Å². The number of aromatic nitrogens is 1. The maximum Gasteiger partial charge on any atom is 0.272 e. The molecule has 1 aromatic carbocycles. The Balaban J connectivity index is 1.62. The minimum absolute atomic E-state index is 0.0184. The van der Waals surface area contributed by atoms with Crippen molar-refractivity contribution in [1.82, 2.24) is 9.29 Å². The molecule has 3 N–H and O–H groups in total. The third kappa shape index (κ3) is 4.00. The highest BCUT2D eigenvalue weighted by Gasteiger charge is 2.34. The van der Waals surface area contributed by atoms with Gasteiger partial charge in [0.15, 0.2) is 11.6 Å². The van der Waals surface area contributed by atoms with E-state index in [0.29, 0.717) is 34.9 Å². The molecule has 162 valence electrons. The second-order valence-electron chi connectivity index (χ2n) is 8.23. The van der Waals surface area contributed by atoms with Gasteiger partial charge in [-0.1, -0.05) is 19.3 Å². The lowest BCUT2D eigenvalue weighted by atomic mass is 9.82. The summed E-state index contributed by atoms with van der Waals surface area (Å²) in [7, 11) is -1.60. The Kier molecular flexibility index (Phi) is 5.67. The van der Waals surface area contributed by atoms with E-state index in [1.165, 1.54) is 12.5 Å². The lowest BCUT2D eigenvalue weighted by Crippen LogP contribution is -2.39. The first kappa shape index (κ1) is 21.0. The first-order valence-corrected chi connectivity index (χ1v) is 11.8. The quantitative estimate of drug-likeness (QED) is 0.668. The van der Waals surface area contributed by atoms with Crippen molar-refractivity contribution in [3.63, 3.8) is 0 Å². The number of hydrogen-bond donors (Lipinski definition) is 3. The summed E-state index contributed by atoms with van der Waals surface area (Å²) in [6.07, 6.45) is 8.44. The molecule has 2 atom stereocenters. The number of aryl methyl sites for hydroxylation is 1. The molecule has 1 amide bonds. The standard InChI is InChI=1S/C21H26F2N4O2S/c1-27-12-19-15(20(27)21(28)25-14-7-9-16(22)17(23)11-14)8-10-18(26-30(19,24)29)13-5-3-2-4-6-13/h7,9,11-13,18H,2-6,8,10H2,1H3,(H,25,28)(H2,24,26,29)/t18-,30?/m0/s1. The zero-order valence-corrected chi connectivity index (χ0v) is 17.7. The molecule has 6 nitrogen and oxygen atoms in total. The number of carbonyl (C=O) groups excluding carboxylic acids is 1. The largest absolute Gasteiger partial charge is 0.345 e. The smallest absolute Gasteiger partial charge is 0.272 e. The number of rotatable bonds is 3. The second-order valence-corrected chi connectivity index (χ2v) is 10.0. The van der Waals surface area contributed by atoms with E-state index in [0.717, 1.165) is 37.8 Å². The van der Waals surface area contributed by atoms with Crippen LogP contribution >= 0.6 is 0 Å². The van der Waals surface area contributed by atoms with Gasteiger partial charge in [-0.25, -0.2) is 22.5 Å². The van der Waals surface area contributed by atoms with Crippen LogP contribution in [0.1, 0.15) is 54.6 Å². The topological polar surface area (TPSA) is 87.0 Å². The van der Waals surface area contributed by atoms with E-state index >= 15 is 0 Å². The fraction of sp³-hybridized carbons (Fsp3) is 0.476. The van der Waals surface area contributed by atoms with Crippen molar-refractivity contribution in [2.75, 3.05) is 5.32 Å². The van der Waals surface area contributed by atoms with Crippen molar-refractivity contribution >= 4 is 21.5 Å². The zero-order chi connectivity index (χ0) is 21.5. The number of nitrogens with zero attached hydrogens (tertiary/aromatic N) is 1. The molecule has 1 unspecified atom stereocenters. The predicted octanol–water partition coefficient (Wildman–Crippen LogP) is 4.36. The molecular formula is C21H26F2N4O2S. The van der Waals surface area contributed by atoms with Gasteiger partial charge >= 0.3 is 0 Å². The first-order valence-electron chi connectivity index (χ1n) is 10.3. The molecule has 0 spiro atoms. The van der Waals surface area contributed by atoms with Gasteiger partial charge in [0.1, 0.15) is 15.6 Å². The number of halogens is 2. The Morgan fingerprint density at radius 2 is 1.93 bits per heavy atom. The Morgan fingerprint density at radius 1 is 1.20 bits per heavy atom. The highest BCUT2D eigenvalue weighted by Crippen LogP contribution is 2.34. The van der Waals surface area contributed by atoms with E-state index in [2.05, 4.69) is 10.0 Å². The first-order chi connectivity index (χ1) is 14.3. The molecule has 0 radical (unpaired) electrons. The summed E-state index contributed by atoms with van der Waals surface area (Å²) in [5.74, 6) is -2.15. The Labute approximate surface area is 175 Å². The molecule has 2 aromatic rings. The predicted molar refractivity (Wildman–Crippen MR) is 111 cm³/mol. The molecule has 0 saturated heterocycles. The van der Waals surface area contributed by atoms with E-state index in [1.54, 1.807) is 17.8 Å². The normalized spacial score (nSPS) is 24.8. The molecule has 4 rings (SSSR count). The van der Waals surface area contributed by atoms with Crippen LogP contribution in [0.2, 0.25) is 0 Å². The molecule has 0 bridgehead atoms. The number of fused-ring (bicyclic) bond motifs is 1. The van der Waals surface area contributed by atoms with Gasteiger partial charge < -0.3 is 9.88 Å². The maximum atomic E-state index is 13.5. The minimum Gasteiger partial charge on any atom is -0.345 e. The Hall–Kier alpha value is -2.26. The maximum absolute atomic E-state index is 13.5. The van der Waals surface area contributed by atoms with Gasteiger partial charge in [-0.15, -0.1) is 0 Å². The molecule has 1 saturated carbocycles. The van der Waals surface area contributed by atoms with Gasteiger partial charge in [-0.05, 0) is 43.7 Å². The third-order valence-corrected chi connectivity index (χ3v) is 7.80. The van der Waals surface area contributed by atoms with Crippen LogP contribution in [0.15, 0.2) is 29.3 Å². The Morgan fingerprint density at radius 3 is 2.63 bits per heavy atom. The van der Waals surface area contributed by atoms with E-state index < -0.39 is 27.5 Å². The van der Waals surface area contributed by atoms with Gasteiger partial charge in [0.25, 0.3) is 5.91 Å². The van der Waals surface area contributed by atoms with Gasteiger partial charge in [0, 0.05) is 36.6 Å². The van der Waals surface area contributed by atoms with Crippen LogP contribution in [0, 0.1) is 22.3 Å². The summed E-state index contributed by atoms with van der Waals surface area (Å²) in [6, 6.07) is 3.14. The molecule has 1 aliphatic carbocycles. The summed E-state index contributed by atoms with van der Waals surface area (Å²) in [4.78, 5) is 13.3. The number of amides is 1. The van der Waals surface area contributed by atoms with Crippen LogP contribution in [-0.4, -0.2) is 20.7 Å². The van der Waals surface area contributed by atoms with Gasteiger partial charge in [-0.2, -0.15) is 0 Å². The van der Waals surface area contributed by atoms with Crippen LogP contribution < -0.4 is 10.0 Å². The average molecular weight is 437 g/mol. The third-order valence-electron chi connectivity index (χ3n) is 6.19. The molecular weight excluding hydrogens is 410 g/mol. The van der Waals surface area contributed by atoms with Crippen LogP contribution in [0.25, 0.3) is 0 Å². The molecule has 1 aliphatic heterocycles. The van der Waals surface area contributed by atoms with Crippen LogP contribution in [-0.2, 0) is 23.4 Å². The number of carbonyl (C=O) groups is 1.